The average Bonchev–Trinajstić information content (AvgIpc) is 2.74. The molecule has 0 spiro atoms. The Balaban J connectivity index is 0.000000686. The third-order valence-electron chi connectivity index (χ3n) is 2.80. The van der Waals surface area contributed by atoms with E-state index in [4.69, 9.17) is 0 Å². The van der Waals surface area contributed by atoms with Gasteiger partial charge in [0.05, 0.1) is 0 Å². The number of aromatic amines is 1. The van der Waals surface area contributed by atoms with Gasteiger partial charge in [0.2, 0.25) is 0 Å². The molecule has 2 aromatic heterocycles. The Morgan fingerprint density at radius 1 is 1.00 bits per heavy atom. The van der Waals surface area contributed by atoms with Crippen LogP contribution in [-0.4, -0.2) is 9.97 Å². The standard InChI is InChI=1S/C13H18N2.C2H6/c1-8(2)11-5-10-6-12(9(3)4)15-13(10)14-7-11;1-2/h5-9H,1-4H3,(H,14,15);1-2H3. The van der Waals surface area contributed by atoms with E-state index in [1.165, 1.54) is 16.6 Å². The summed E-state index contributed by atoms with van der Waals surface area (Å²) >= 11 is 0. The molecule has 94 valence electrons. The monoisotopic (exact) mass is 232 g/mol. The fraction of sp³-hybridized carbons (Fsp3) is 0.533. The first kappa shape index (κ1) is 13.8. The molecule has 0 saturated heterocycles. The van der Waals surface area contributed by atoms with Crippen LogP contribution in [0.15, 0.2) is 18.3 Å². The average molecular weight is 232 g/mol. The third kappa shape index (κ3) is 3.09. The summed E-state index contributed by atoms with van der Waals surface area (Å²) in [4.78, 5) is 7.80. The van der Waals surface area contributed by atoms with Crippen molar-refractivity contribution < 1.29 is 0 Å². The van der Waals surface area contributed by atoms with Crippen LogP contribution in [0.3, 0.4) is 0 Å². The van der Waals surface area contributed by atoms with E-state index < -0.39 is 0 Å². The van der Waals surface area contributed by atoms with Crippen LogP contribution < -0.4 is 0 Å². The third-order valence-corrected chi connectivity index (χ3v) is 2.80. The second-order valence-corrected chi connectivity index (χ2v) is 4.74. The van der Waals surface area contributed by atoms with E-state index in [9.17, 15) is 0 Å². The summed E-state index contributed by atoms with van der Waals surface area (Å²) < 4.78 is 0. The Kier molecular flexibility index (Phi) is 4.73. The predicted octanol–water partition coefficient (Wildman–Crippen LogP) is 4.84. The molecule has 0 atom stereocenters. The number of pyridine rings is 1. The SMILES string of the molecule is CC.CC(C)c1cnc2[nH]c(C(C)C)cc2c1. The highest BCUT2D eigenvalue weighted by Gasteiger charge is 2.07. The zero-order valence-corrected chi connectivity index (χ0v) is 11.8. The highest BCUT2D eigenvalue weighted by Crippen LogP contribution is 2.22. The van der Waals surface area contributed by atoms with Gasteiger partial charge in [0.15, 0.2) is 0 Å². The van der Waals surface area contributed by atoms with Crippen molar-refractivity contribution in [3.63, 3.8) is 0 Å². The summed E-state index contributed by atoms with van der Waals surface area (Å²) in [6.07, 6.45) is 1.97. The molecule has 2 heterocycles. The van der Waals surface area contributed by atoms with Crippen molar-refractivity contribution in [2.45, 2.75) is 53.4 Å². The maximum atomic E-state index is 4.45. The minimum absolute atomic E-state index is 0.529. The minimum Gasteiger partial charge on any atom is -0.343 e. The van der Waals surface area contributed by atoms with Crippen molar-refractivity contribution in [1.82, 2.24) is 9.97 Å². The lowest BCUT2D eigenvalue weighted by Crippen LogP contribution is -1.88. The summed E-state index contributed by atoms with van der Waals surface area (Å²) in [6.45, 7) is 12.8. The maximum Gasteiger partial charge on any atom is 0.137 e. The van der Waals surface area contributed by atoms with E-state index in [-0.39, 0.29) is 0 Å². The van der Waals surface area contributed by atoms with Gasteiger partial charge >= 0.3 is 0 Å². The van der Waals surface area contributed by atoms with E-state index in [0.29, 0.717) is 11.8 Å². The molecule has 0 aliphatic rings. The van der Waals surface area contributed by atoms with Crippen LogP contribution in [0.4, 0.5) is 0 Å². The second-order valence-electron chi connectivity index (χ2n) is 4.74. The van der Waals surface area contributed by atoms with E-state index >= 15 is 0 Å². The van der Waals surface area contributed by atoms with Gasteiger partial charge in [-0.2, -0.15) is 0 Å². The first-order valence-corrected chi connectivity index (χ1v) is 6.56. The fourth-order valence-corrected chi connectivity index (χ4v) is 1.68. The minimum atomic E-state index is 0.529. The highest BCUT2D eigenvalue weighted by molar-refractivity contribution is 5.77. The number of nitrogens with one attached hydrogen (secondary N) is 1. The lowest BCUT2D eigenvalue weighted by molar-refractivity contribution is 0.835. The Hall–Kier alpha value is -1.31. The van der Waals surface area contributed by atoms with Gasteiger partial charge in [-0.05, 0) is 29.5 Å². The van der Waals surface area contributed by atoms with Crippen LogP contribution >= 0.6 is 0 Å². The van der Waals surface area contributed by atoms with Gasteiger partial charge in [-0.3, -0.25) is 0 Å². The van der Waals surface area contributed by atoms with Crippen LogP contribution in [-0.2, 0) is 0 Å². The molecule has 2 aromatic rings. The van der Waals surface area contributed by atoms with Crippen molar-refractivity contribution in [2.75, 3.05) is 0 Å². The quantitative estimate of drug-likeness (QED) is 0.789. The molecule has 0 unspecified atom stereocenters. The summed E-state index contributed by atoms with van der Waals surface area (Å²) in [7, 11) is 0. The molecular weight excluding hydrogens is 208 g/mol. The molecule has 2 nitrogen and oxygen atoms in total. The number of hydrogen-bond acceptors (Lipinski definition) is 1. The smallest absolute Gasteiger partial charge is 0.137 e. The zero-order chi connectivity index (χ0) is 13.0. The van der Waals surface area contributed by atoms with Gasteiger partial charge in [0, 0.05) is 17.3 Å². The van der Waals surface area contributed by atoms with E-state index in [0.717, 1.165) is 5.65 Å². The van der Waals surface area contributed by atoms with Gasteiger partial charge < -0.3 is 4.98 Å². The highest BCUT2D eigenvalue weighted by atomic mass is 14.9. The van der Waals surface area contributed by atoms with Gasteiger partial charge in [-0.15, -0.1) is 0 Å². The molecule has 0 aliphatic carbocycles. The molecule has 0 radical (unpaired) electrons. The Morgan fingerprint density at radius 2 is 1.65 bits per heavy atom. The number of aromatic nitrogens is 2. The van der Waals surface area contributed by atoms with Crippen LogP contribution in [0.2, 0.25) is 0 Å². The maximum absolute atomic E-state index is 4.45. The number of nitrogens with zero attached hydrogens (tertiary/aromatic N) is 1. The summed E-state index contributed by atoms with van der Waals surface area (Å²) in [5.41, 5.74) is 3.57. The van der Waals surface area contributed by atoms with Crippen molar-refractivity contribution in [3.8, 4) is 0 Å². The largest absolute Gasteiger partial charge is 0.343 e. The normalized spacial score (nSPS) is 10.8. The molecule has 0 saturated carbocycles. The number of rotatable bonds is 2. The molecular formula is C15H24N2. The molecule has 2 heteroatoms. The molecule has 0 aromatic carbocycles. The number of H-pyrrole nitrogens is 1. The van der Waals surface area contributed by atoms with Crippen molar-refractivity contribution >= 4 is 11.0 Å². The lowest BCUT2D eigenvalue weighted by atomic mass is 10.0. The lowest BCUT2D eigenvalue weighted by Gasteiger charge is -2.03. The zero-order valence-electron chi connectivity index (χ0n) is 11.8. The first-order valence-electron chi connectivity index (χ1n) is 6.56. The van der Waals surface area contributed by atoms with Gasteiger partial charge in [-0.25, -0.2) is 4.98 Å². The van der Waals surface area contributed by atoms with Crippen molar-refractivity contribution in [2.24, 2.45) is 0 Å². The molecule has 1 N–H and O–H groups in total. The Labute approximate surface area is 104 Å². The fourth-order valence-electron chi connectivity index (χ4n) is 1.68. The molecule has 0 bridgehead atoms. The van der Waals surface area contributed by atoms with Crippen molar-refractivity contribution in [3.05, 3.63) is 29.6 Å². The molecule has 0 amide bonds. The van der Waals surface area contributed by atoms with Crippen LogP contribution in [0.5, 0.6) is 0 Å². The van der Waals surface area contributed by atoms with Crippen LogP contribution in [0.1, 0.15) is 64.6 Å². The molecule has 17 heavy (non-hydrogen) atoms. The number of fused-ring (bicyclic) bond motifs is 1. The van der Waals surface area contributed by atoms with Gasteiger partial charge in [-0.1, -0.05) is 41.5 Å². The molecule has 2 rings (SSSR count). The van der Waals surface area contributed by atoms with Crippen molar-refractivity contribution in [1.29, 1.82) is 0 Å². The summed E-state index contributed by atoms with van der Waals surface area (Å²) in [5.74, 6) is 1.07. The Bertz CT molecular complexity index is 461. The first-order chi connectivity index (χ1) is 8.08. The van der Waals surface area contributed by atoms with Crippen LogP contribution in [0, 0.1) is 0 Å². The number of hydrogen-bond donors (Lipinski definition) is 1. The van der Waals surface area contributed by atoms with Gasteiger partial charge in [0.1, 0.15) is 5.65 Å². The molecule has 0 fully saturated rings. The summed E-state index contributed by atoms with van der Waals surface area (Å²) in [6, 6.07) is 4.44. The summed E-state index contributed by atoms with van der Waals surface area (Å²) in [5, 5.41) is 1.23. The van der Waals surface area contributed by atoms with Gasteiger partial charge in [0.25, 0.3) is 0 Å². The Morgan fingerprint density at radius 3 is 2.18 bits per heavy atom. The topological polar surface area (TPSA) is 28.7 Å². The van der Waals surface area contributed by atoms with E-state index in [2.05, 4.69) is 49.8 Å². The second kappa shape index (κ2) is 5.85. The van der Waals surface area contributed by atoms with E-state index in [1.807, 2.05) is 20.0 Å². The van der Waals surface area contributed by atoms with E-state index in [1.54, 1.807) is 0 Å². The predicted molar refractivity (Wildman–Crippen MR) is 75.6 cm³/mol. The van der Waals surface area contributed by atoms with Crippen LogP contribution in [0.25, 0.3) is 11.0 Å². The molecule has 0 aliphatic heterocycles.